The Morgan fingerprint density at radius 2 is 1.57 bits per heavy atom. The maximum Gasteiger partial charge on any atom is 0.338 e. The Hall–Kier alpha value is -5.14. The molecule has 14 heteroatoms. The van der Waals surface area contributed by atoms with E-state index < -0.39 is 15.8 Å². The fourth-order valence-electron chi connectivity index (χ4n) is 4.93. The molecule has 1 atom stereocenters. The number of benzene rings is 2. The Morgan fingerprint density at radius 3 is 2.17 bits per heavy atom. The van der Waals surface area contributed by atoms with Crippen LogP contribution in [0.15, 0.2) is 48.5 Å². The first-order valence-corrected chi connectivity index (χ1v) is 12.4. The zero-order valence-corrected chi connectivity index (χ0v) is 21.4. The van der Waals surface area contributed by atoms with E-state index in [2.05, 4.69) is 5.10 Å². The summed E-state index contributed by atoms with van der Waals surface area (Å²) >= 11 is 0. The zero-order chi connectivity index (χ0) is 28.6. The largest absolute Gasteiger partial charge is 0.462 e. The minimum Gasteiger partial charge on any atom is -0.462 e. The molecule has 2 aliphatic rings. The quantitative estimate of drug-likeness (QED) is 0.255. The van der Waals surface area contributed by atoms with Gasteiger partial charge in [0.15, 0.2) is 0 Å². The second-order valence-corrected chi connectivity index (χ2v) is 9.69. The average Bonchev–Trinajstić information content (AvgIpc) is 3.26. The van der Waals surface area contributed by atoms with Gasteiger partial charge in [0, 0.05) is 74.4 Å². The van der Waals surface area contributed by atoms with Gasteiger partial charge in [0.2, 0.25) is 0 Å². The van der Waals surface area contributed by atoms with E-state index in [0.29, 0.717) is 48.6 Å². The number of nitrogens with zero attached hydrogens (tertiary/aromatic N) is 6. The van der Waals surface area contributed by atoms with Crippen LogP contribution in [0.25, 0.3) is 0 Å². The molecular formula is C26H24N6O8. The van der Waals surface area contributed by atoms with E-state index in [1.54, 1.807) is 16.6 Å². The smallest absolute Gasteiger partial charge is 0.338 e. The van der Waals surface area contributed by atoms with Gasteiger partial charge < -0.3 is 14.5 Å². The molecule has 14 nitrogen and oxygen atoms in total. The number of amides is 2. The molecule has 2 aliphatic heterocycles. The van der Waals surface area contributed by atoms with Crippen LogP contribution in [0.5, 0.6) is 0 Å². The summed E-state index contributed by atoms with van der Waals surface area (Å²) in [6.45, 7) is 1.15. The van der Waals surface area contributed by atoms with Crippen molar-refractivity contribution in [1.29, 1.82) is 0 Å². The first-order valence-electron chi connectivity index (χ1n) is 12.4. The summed E-state index contributed by atoms with van der Waals surface area (Å²) in [5, 5.41) is 26.4. The topological polar surface area (TPSA) is 171 Å². The van der Waals surface area contributed by atoms with E-state index in [0.717, 1.165) is 0 Å². The highest BCUT2D eigenvalue weighted by molar-refractivity contribution is 5.96. The number of esters is 1. The predicted octanol–water partition coefficient (Wildman–Crippen LogP) is 2.46. The molecule has 3 aromatic rings. The predicted molar refractivity (Wildman–Crippen MR) is 138 cm³/mol. The van der Waals surface area contributed by atoms with E-state index in [4.69, 9.17) is 4.74 Å². The van der Waals surface area contributed by atoms with E-state index in [1.165, 1.54) is 53.4 Å². The van der Waals surface area contributed by atoms with Gasteiger partial charge in [0.1, 0.15) is 5.69 Å². The molecule has 0 saturated heterocycles. The number of carbonyl (C=O) groups excluding carboxylic acids is 3. The van der Waals surface area contributed by atoms with E-state index in [-0.39, 0.29) is 47.8 Å². The molecule has 2 aromatic carbocycles. The van der Waals surface area contributed by atoms with Crippen molar-refractivity contribution in [2.75, 3.05) is 26.7 Å². The summed E-state index contributed by atoms with van der Waals surface area (Å²) in [5.41, 5.74) is 1.99. The summed E-state index contributed by atoms with van der Waals surface area (Å²) in [7, 11) is 1.64. The molecule has 0 spiro atoms. The molecule has 1 unspecified atom stereocenters. The van der Waals surface area contributed by atoms with Crippen molar-refractivity contribution >= 4 is 29.2 Å². The van der Waals surface area contributed by atoms with Gasteiger partial charge in [-0.3, -0.25) is 34.5 Å². The monoisotopic (exact) mass is 548 g/mol. The van der Waals surface area contributed by atoms with Gasteiger partial charge in [-0.2, -0.15) is 5.10 Å². The summed E-state index contributed by atoms with van der Waals surface area (Å²) < 4.78 is 7.07. The van der Waals surface area contributed by atoms with Gasteiger partial charge >= 0.3 is 5.97 Å². The van der Waals surface area contributed by atoms with Gasteiger partial charge in [0.25, 0.3) is 23.2 Å². The molecule has 40 heavy (non-hydrogen) atoms. The molecule has 5 rings (SSSR count). The molecule has 0 radical (unpaired) electrons. The third-order valence-electron chi connectivity index (χ3n) is 6.99. The van der Waals surface area contributed by atoms with Crippen molar-refractivity contribution in [2.24, 2.45) is 5.92 Å². The summed E-state index contributed by atoms with van der Waals surface area (Å²) in [5.74, 6) is -1.46. The van der Waals surface area contributed by atoms with Crippen LogP contribution in [0.3, 0.4) is 0 Å². The lowest BCUT2D eigenvalue weighted by Crippen LogP contribution is -2.37. The number of nitro benzene ring substituents is 2. The Labute approximate surface area is 227 Å². The highest BCUT2D eigenvalue weighted by atomic mass is 16.6. The number of fused-ring (bicyclic) bond motifs is 3. The Kier molecular flexibility index (Phi) is 6.98. The Balaban J connectivity index is 1.30. The van der Waals surface area contributed by atoms with Crippen molar-refractivity contribution in [1.82, 2.24) is 19.6 Å². The molecule has 2 amide bonds. The first-order chi connectivity index (χ1) is 19.1. The number of rotatable bonds is 6. The van der Waals surface area contributed by atoms with Gasteiger partial charge in [-0.1, -0.05) is 0 Å². The van der Waals surface area contributed by atoms with Crippen LogP contribution in [0.4, 0.5) is 11.4 Å². The van der Waals surface area contributed by atoms with Crippen molar-refractivity contribution in [3.05, 3.63) is 96.8 Å². The average molecular weight is 549 g/mol. The standard InChI is InChI=1S/C26H24N6O8/c1-28-12-16(15-40-26(35)18-4-8-20(9-5-18)32(38)39)13-30-23(25(28)34)21-14-29(11-10-22(21)27-30)24(33)17-2-6-19(7-3-17)31(36)37/h2-9,16H,10-15H2,1H3. The number of nitro groups is 2. The molecule has 1 aromatic heterocycles. The Morgan fingerprint density at radius 1 is 0.975 bits per heavy atom. The van der Waals surface area contributed by atoms with E-state index in [1.807, 2.05) is 0 Å². The normalized spacial score (nSPS) is 16.5. The fraction of sp³-hybridized carbons (Fsp3) is 0.308. The minimum absolute atomic E-state index is 0.00215. The fourth-order valence-corrected chi connectivity index (χ4v) is 4.93. The molecule has 0 saturated carbocycles. The van der Waals surface area contributed by atoms with Crippen LogP contribution >= 0.6 is 0 Å². The highest BCUT2D eigenvalue weighted by Crippen LogP contribution is 2.28. The number of aromatic nitrogens is 2. The highest BCUT2D eigenvalue weighted by Gasteiger charge is 2.35. The number of non-ortho nitro benzene ring substituents is 2. The maximum atomic E-state index is 13.3. The van der Waals surface area contributed by atoms with Gasteiger partial charge in [-0.05, 0) is 24.3 Å². The third kappa shape index (κ3) is 5.10. The molecule has 0 N–H and O–H groups in total. The second-order valence-electron chi connectivity index (χ2n) is 9.69. The molecule has 0 aliphatic carbocycles. The van der Waals surface area contributed by atoms with Crippen molar-refractivity contribution in [3.63, 3.8) is 0 Å². The number of hydrogen-bond acceptors (Lipinski definition) is 9. The van der Waals surface area contributed by atoms with E-state index >= 15 is 0 Å². The van der Waals surface area contributed by atoms with Crippen LogP contribution in [0.2, 0.25) is 0 Å². The minimum atomic E-state index is -0.631. The lowest BCUT2D eigenvalue weighted by atomic mass is 10.0. The lowest BCUT2D eigenvalue weighted by molar-refractivity contribution is -0.385. The van der Waals surface area contributed by atoms with Crippen LogP contribution < -0.4 is 0 Å². The molecule has 3 heterocycles. The summed E-state index contributed by atoms with van der Waals surface area (Å²) in [4.78, 5) is 62.8. The SMILES string of the molecule is CN1CC(COC(=O)c2ccc([N+](=O)[O-])cc2)Cn2nc3c(c2C1=O)CN(C(=O)c1ccc([N+](=O)[O-])cc1)CC3. The van der Waals surface area contributed by atoms with Gasteiger partial charge in [0.05, 0.1) is 34.3 Å². The first kappa shape index (κ1) is 26.5. The van der Waals surface area contributed by atoms with Gasteiger partial charge in [-0.15, -0.1) is 0 Å². The molecule has 0 bridgehead atoms. The van der Waals surface area contributed by atoms with Gasteiger partial charge in [-0.25, -0.2) is 4.79 Å². The third-order valence-corrected chi connectivity index (χ3v) is 6.99. The number of ether oxygens (including phenoxy) is 1. The van der Waals surface area contributed by atoms with Crippen molar-refractivity contribution < 1.29 is 29.0 Å². The van der Waals surface area contributed by atoms with Crippen LogP contribution in [0.1, 0.15) is 42.5 Å². The second kappa shape index (κ2) is 10.6. The van der Waals surface area contributed by atoms with Crippen LogP contribution in [0, 0.1) is 26.1 Å². The Bertz CT molecular complexity index is 1520. The maximum absolute atomic E-state index is 13.3. The zero-order valence-electron chi connectivity index (χ0n) is 21.4. The van der Waals surface area contributed by atoms with Crippen LogP contribution in [-0.2, 0) is 24.2 Å². The summed E-state index contributed by atoms with van der Waals surface area (Å²) in [6, 6.07) is 10.5. The number of carbonyl (C=O) groups is 3. The number of hydrogen-bond donors (Lipinski definition) is 0. The van der Waals surface area contributed by atoms with Crippen molar-refractivity contribution in [2.45, 2.75) is 19.5 Å². The molecular weight excluding hydrogens is 524 g/mol. The summed E-state index contributed by atoms with van der Waals surface area (Å²) in [6.07, 6.45) is 0.435. The molecule has 206 valence electrons. The van der Waals surface area contributed by atoms with Crippen molar-refractivity contribution in [3.8, 4) is 0 Å². The van der Waals surface area contributed by atoms with E-state index in [9.17, 15) is 34.6 Å². The van der Waals surface area contributed by atoms with Crippen LogP contribution in [-0.4, -0.2) is 74.0 Å². The molecule has 0 fully saturated rings. The lowest BCUT2D eigenvalue weighted by Gasteiger charge is -2.27.